The summed E-state index contributed by atoms with van der Waals surface area (Å²) in [6.45, 7) is 0. The monoisotopic (exact) mass is 670 g/mol. The fourth-order valence-corrected chi connectivity index (χ4v) is 8.16. The van der Waals surface area contributed by atoms with Crippen molar-refractivity contribution in [2.24, 2.45) is 0 Å². The van der Waals surface area contributed by atoms with Crippen molar-refractivity contribution in [1.29, 1.82) is 0 Å². The van der Waals surface area contributed by atoms with Gasteiger partial charge in [0.1, 0.15) is 0 Å². The van der Waals surface area contributed by atoms with Crippen LogP contribution < -0.4 is 4.90 Å². The molecule has 0 fully saturated rings. The minimum absolute atomic E-state index is 1.08. The average molecular weight is 672 g/mol. The van der Waals surface area contributed by atoms with Gasteiger partial charge in [-0.3, -0.25) is 0 Å². The van der Waals surface area contributed by atoms with Gasteiger partial charge < -0.3 is 9.47 Å². The van der Waals surface area contributed by atoms with Crippen LogP contribution in [-0.4, -0.2) is 4.57 Å². The van der Waals surface area contributed by atoms with E-state index in [1.165, 1.54) is 53.1 Å². The highest BCUT2D eigenvalue weighted by Gasteiger charge is 2.20. The SMILES string of the molecule is Brc1ccc(-c2ccc(N(c3ccccc3)c3ccc4c(c3)c3c5c(ccc3n4-c3ccccc3)sc3ccccc35)cc2)cc1. The molecule has 2 nitrogen and oxygen atoms in total. The van der Waals surface area contributed by atoms with E-state index in [0.29, 0.717) is 0 Å². The quantitative estimate of drug-likeness (QED) is 0.177. The largest absolute Gasteiger partial charge is 0.310 e. The van der Waals surface area contributed by atoms with Crippen molar-refractivity contribution in [1.82, 2.24) is 4.57 Å². The number of benzene rings is 7. The summed E-state index contributed by atoms with van der Waals surface area (Å²) in [6.07, 6.45) is 0. The molecule has 0 unspecified atom stereocenters. The molecular weight excluding hydrogens is 644 g/mol. The highest BCUT2D eigenvalue weighted by atomic mass is 79.9. The van der Waals surface area contributed by atoms with Crippen LogP contribution in [-0.2, 0) is 0 Å². The topological polar surface area (TPSA) is 8.17 Å². The first-order valence-corrected chi connectivity index (χ1v) is 17.0. The van der Waals surface area contributed by atoms with Crippen LogP contribution in [0.3, 0.4) is 0 Å². The Morgan fingerprint density at radius 1 is 0.457 bits per heavy atom. The van der Waals surface area contributed by atoms with E-state index in [9.17, 15) is 0 Å². The molecule has 46 heavy (non-hydrogen) atoms. The van der Waals surface area contributed by atoms with Crippen LogP contribution in [0.2, 0.25) is 0 Å². The molecule has 2 aromatic heterocycles. The van der Waals surface area contributed by atoms with E-state index in [0.717, 1.165) is 27.2 Å². The van der Waals surface area contributed by atoms with Gasteiger partial charge >= 0.3 is 0 Å². The van der Waals surface area contributed by atoms with Crippen molar-refractivity contribution in [2.45, 2.75) is 0 Å². The summed E-state index contributed by atoms with van der Waals surface area (Å²) in [4.78, 5) is 2.36. The molecule has 0 saturated heterocycles. The summed E-state index contributed by atoms with van der Waals surface area (Å²) in [6, 6.07) is 59.1. The number of nitrogens with zero attached hydrogens (tertiary/aromatic N) is 2. The third-order valence-electron chi connectivity index (χ3n) is 8.84. The Labute approximate surface area is 279 Å². The molecule has 0 saturated carbocycles. The molecule has 0 aliphatic carbocycles. The van der Waals surface area contributed by atoms with Crippen molar-refractivity contribution in [3.05, 3.63) is 168 Å². The molecule has 0 bridgehead atoms. The van der Waals surface area contributed by atoms with Crippen molar-refractivity contribution in [2.75, 3.05) is 4.90 Å². The number of hydrogen-bond acceptors (Lipinski definition) is 2. The van der Waals surface area contributed by atoms with E-state index in [4.69, 9.17) is 0 Å². The smallest absolute Gasteiger partial charge is 0.0548 e. The van der Waals surface area contributed by atoms with E-state index < -0.39 is 0 Å². The van der Waals surface area contributed by atoms with E-state index >= 15 is 0 Å². The molecule has 9 aromatic rings. The van der Waals surface area contributed by atoms with Gasteiger partial charge in [0.2, 0.25) is 0 Å². The van der Waals surface area contributed by atoms with Crippen LogP contribution in [0.15, 0.2) is 168 Å². The first kappa shape index (κ1) is 27.2. The zero-order valence-corrected chi connectivity index (χ0v) is 27.2. The van der Waals surface area contributed by atoms with Gasteiger partial charge in [0, 0.05) is 58.2 Å². The first-order valence-electron chi connectivity index (χ1n) is 15.4. The summed E-state index contributed by atoms with van der Waals surface area (Å²) in [5.74, 6) is 0. The number of fused-ring (bicyclic) bond motifs is 7. The molecule has 0 aliphatic heterocycles. The highest BCUT2D eigenvalue weighted by molar-refractivity contribution is 9.10. The Morgan fingerprint density at radius 3 is 1.83 bits per heavy atom. The lowest BCUT2D eigenvalue weighted by Crippen LogP contribution is -2.09. The summed E-state index contributed by atoms with van der Waals surface area (Å²) in [5, 5.41) is 5.20. The number of para-hydroxylation sites is 2. The lowest BCUT2D eigenvalue weighted by atomic mass is 10.0. The van der Waals surface area contributed by atoms with E-state index in [-0.39, 0.29) is 0 Å². The zero-order chi connectivity index (χ0) is 30.6. The Bertz CT molecular complexity index is 2510. The van der Waals surface area contributed by atoms with Crippen LogP contribution in [0, 0.1) is 0 Å². The molecule has 4 heteroatoms. The molecule has 9 rings (SSSR count). The highest BCUT2D eigenvalue weighted by Crippen LogP contribution is 2.45. The number of thiophene rings is 1. The summed E-state index contributed by atoms with van der Waals surface area (Å²) >= 11 is 5.43. The van der Waals surface area contributed by atoms with Gasteiger partial charge in [-0.15, -0.1) is 11.3 Å². The van der Waals surface area contributed by atoms with Crippen LogP contribution in [0.4, 0.5) is 17.1 Å². The fraction of sp³-hybridized carbons (Fsp3) is 0. The Morgan fingerprint density at radius 2 is 1.07 bits per heavy atom. The molecule has 2 heterocycles. The molecule has 0 aliphatic rings. The standard InChI is InChI=1S/C42H27BrN2S/c43-30-19-15-28(16-20-30)29-17-21-33(22-18-29)44(31-9-3-1-4-10-31)34-23-24-37-36(27-34)41-38(45(37)32-11-5-2-6-12-32)25-26-40-42(41)35-13-7-8-14-39(35)46-40/h1-27H. The maximum atomic E-state index is 3.56. The lowest BCUT2D eigenvalue weighted by Gasteiger charge is -2.26. The molecule has 0 radical (unpaired) electrons. The van der Waals surface area contributed by atoms with Crippen molar-refractivity contribution < 1.29 is 0 Å². The van der Waals surface area contributed by atoms with E-state index in [1.807, 2.05) is 11.3 Å². The normalized spacial score (nSPS) is 11.6. The summed E-state index contributed by atoms with van der Waals surface area (Å²) in [5.41, 5.74) is 9.34. The third-order valence-corrected chi connectivity index (χ3v) is 10.5. The second-order valence-corrected chi connectivity index (χ2v) is 13.5. The predicted octanol–water partition coefficient (Wildman–Crippen LogP) is 13.1. The third kappa shape index (κ3) is 4.45. The van der Waals surface area contributed by atoms with Gasteiger partial charge in [0.05, 0.1) is 11.0 Å². The van der Waals surface area contributed by atoms with E-state index in [2.05, 4.69) is 189 Å². The van der Waals surface area contributed by atoms with Gasteiger partial charge in [-0.1, -0.05) is 94.8 Å². The van der Waals surface area contributed by atoms with Gasteiger partial charge in [0.15, 0.2) is 0 Å². The molecule has 7 aromatic carbocycles. The van der Waals surface area contributed by atoms with Gasteiger partial charge in [-0.2, -0.15) is 0 Å². The van der Waals surface area contributed by atoms with Crippen LogP contribution >= 0.6 is 27.3 Å². The fourth-order valence-electron chi connectivity index (χ4n) is 6.78. The molecule has 0 N–H and O–H groups in total. The summed E-state index contributed by atoms with van der Waals surface area (Å²) in [7, 11) is 0. The number of rotatable bonds is 5. The maximum Gasteiger partial charge on any atom is 0.0548 e. The number of anilines is 3. The molecular formula is C42H27BrN2S. The Kier molecular flexibility index (Phi) is 6.51. The van der Waals surface area contributed by atoms with Gasteiger partial charge in [-0.05, 0) is 96.1 Å². The van der Waals surface area contributed by atoms with Crippen LogP contribution in [0.25, 0.3) is 58.8 Å². The minimum Gasteiger partial charge on any atom is -0.310 e. The zero-order valence-electron chi connectivity index (χ0n) is 24.8. The molecule has 0 spiro atoms. The van der Waals surface area contributed by atoms with Crippen molar-refractivity contribution in [3.63, 3.8) is 0 Å². The van der Waals surface area contributed by atoms with Gasteiger partial charge in [0.25, 0.3) is 0 Å². The van der Waals surface area contributed by atoms with Crippen LogP contribution in [0.1, 0.15) is 0 Å². The second kappa shape index (κ2) is 11.0. The molecule has 0 atom stereocenters. The second-order valence-electron chi connectivity index (χ2n) is 11.5. The number of aromatic nitrogens is 1. The van der Waals surface area contributed by atoms with E-state index in [1.54, 1.807) is 0 Å². The molecule has 218 valence electrons. The summed E-state index contributed by atoms with van der Waals surface area (Å²) < 4.78 is 6.13. The Hall–Kier alpha value is -5.16. The lowest BCUT2D eigenvalue weighted by molar-refractivity contribution is 1.18. The predicted molar refractivity (Wildman–Crippen MR) is 201 cm³/mol. The number of halogens is 1. The van der Waals surface area contributed by atoms with Crippen molar-refractivity contribution >= 4 is 86.3 Å². The maximum absolute atomic E-state index is 3.56. The first-order chi connectivity index (χ1) is 22.7. The van der Waals surface area contributed by atoms with Crippen LogP contribution in [0.5, 0.6) is 0 Å². The Balaban J connectivity index is 1.30. The number of hydrogen-bond donors (Lipinski definition) is 0. The van der Waals surface area contributed by atoms with Gasteiger partial charge in [-0.25, -0.2) is 0 Å². The minimum atomic E-state index is 1.08. The molecule has 0 amide bonds. The average Bonchev–Trinajstić information content (AvgIpc) is 3.65. The van der Waals surface area contributed by atoms with Crippen molar-refractivity contribution in [3.8, 4) is 16.8 Å².